The average Bonchev–Trinajstić information content (AvgIpc) is 2.28. The van der Waals surface area contributed by atoms with E-state index in [9.17, 15) is 0 Å². The summed E-state index contributed by atoms with van der Waals surface area (Å²) in [4.78, 5) is 0. The number of benzene rings is 1. The fourth-order valence-corrected chi connectivity index (χ4v) is 4.97. The van der Waals surface area contributed by atoms with Crippen LogP contribution >= 0.6 is 7.26 Å². The summed E-state index contributed by atoms with van der Waals surface area (Å²) in [5, 5.41) is 0. The van der Waals surface area contributed by atoms with Gasteiger partial charge in [-0.25, -0.2) is 0 Å². The van der Waals surface area contributed by atoms with E-state index in [0.29, 0.717) is 0 Å². The second kappa shape index (κ2) is 6.95. The van der Waals surface area contributed by atoms with E-state index in [-0.39, 0.29) is 4.70 Å². The third-order valence-corrected chi connectivity index (χ3v) is 8.43. The minimum atomic E-state index is -0.661. The standard InChI is InChI=1S/C13H22P.FH/c1-4-14(5-2,6-3)12-13-10-8-7-9-11-13;/h7-11H,4-6,12H2,1-3H3;1H/q+1;. The molecule has 1 aromatic carbocycles. The van der Waals surface area contributed by atoms with Crippen LogP contribution in [0.25, 0.3) is 0 Å². The fourth-order valence-electron chi connectivity index (χ4n) is 1.98. The lowest BCUT2D eigenvalue weighted by atomic mass is 10.2. The van der Waals surface area contributed by atoms with E-state index in [1.807, 2.05) is 0 Å². The predicted octanol–water partition coefficient (Wildman–Crippen LogP) is 4.42. The van der Waals surface area contributed by atoms with Crippen molar-refractivity contribution in [2.75, 3.05) is 18.5 Å². The summed E-state index contributed by atoms with van der Waals surface area (Å²) < 4.78 is 0. The van der Waals surface area contributed by atoms with Gasteiger partial charge in [0, 0.05) is 7.26 Å². The predicted molar refractivity (Wildman–Crippen MR) is 71.2 cm³/mol. The van der Waals surface area contributed by atoms with Crippen molar-refractivity contribution in [3.05, 3.63) is 35.9 Å². The highest BCUT2D eigenvalue weighted by Gasteiger charge is 2.30. The minimum absolute atomic E-state index is 0. The Morgan fingerprint density at radius 1 is 0.867 bits per heavy atom. The van der Waals surface area contributed by atoms with E-state index in [1.54, 1.807) is 0 Å². The van der Waals surface area contributed by atoms with Gasteiger partial charge in [-0.05, 0) is 26.3 Å². The number of rotatable bonds is 5. The van der Waals surface area contributed by atoms with Crippen molar-refractivity contribution in [1.82, 2.24) is 0 Å². The van der Waals surface area contributed by atoms with Crippen LogP contribution in [0.2, 0.25) is 0 Å². The summed E-state index contributed by atoms with van der Waals surface area (Å²) in [7, 11) is -0.661. The Bertz CT molecular complexity index is 246. The van der Waals surface area contributed by atoms with Gasteiger partial charge in [0.25, 0.3) is 0 Å². The molecule has 1 aromatic rings. The summed E-state index contributed by atoms with van der Waals surface area (Å²) in [5.74, 6) is 0. The van der Waals surface area contributed by atoms with Crippen molar-refractivity contribution < 1.29 is 4.70 Å². The molecule has 0 bridgehead atoms. The molecule has 0 fully saturated rings. The molecular formula is C13H23FP+. The first-order valence-corrected chi connectivity index (χ1v) is 8.18. The zero-order valence-electron chi connectivity index (χ0n) is 10.1. The molecule has 2 heteroatoms. The molecule has 0 spiro atoms. The van der Waals surface area contributed by atoms with Gasteiger partial charge in [0.2, 0.25) is 0 Å². The smallest absolute Gasteiger partial charge is 0.0842 e. The summed E-state index contributed by atoms with van der Waals surface area (Å²) in [6.07, 6.45) is 5.54. The lowest BCUT2D eigenvalue weighted by molar-refractivity contribution is 1.11. The van der Waals surface area contributed by atoms with Gasteiger partial charge in [0.15, 0.2) is 0 Å². The van der Waals surface area contributed by atoms with Crippen molar-refractivity contribution in [2.24, 2.45) is 0 Å². The average molecular weight is 229 g/mol. The Kier molecular flexibility index (Phi) is 6.76. The monoisotopic (exact) mass is 229 g/mol. The first-order chi connectivity index (χ1) is 6.76. The molecule has 0 radical (unpaired) electrons. The second-order valence-electron chi connectivity index (χ2n) is 3.93. The van der Waals surface area contributed by atoms with Crippen molar-refractivity contribution >= 4 is 7.26 Å². The molecule has 0 unspecified atom stereocenters. The third kappa shape index (κ3) is 3.91. The summed E-state index contributed by atoms with van der Waals surface area (Å²) in [6, 6.07) is 11.0. The van der Waals surface area contributed by atoms with Gasteiger partial charge in [-0.2, -0.15) is 0 Å². The van der Waals surface area contributed by atoms with Crippen LogP contribution in [0.4, 0.5) is 4.70 Å². The van der Waals surface area contributed by atoms with Gasteiger partial charge in [0.05, 0.1) is 24.6 Å². The van der Waals surface area contributed by atoms with Gasteiger partial charge < -0.3 is 0 Å². The molecule has 0 aromatic heterocycles. The van der Waals surface area contributed by atoms with Gasteiger partial charge in [-0.1, -0.05) is 30.3 Å². The van der Waals surface area contributed by atoms with E-state index in [2.05, 4.69) is 51.1 Å². The second-order valence-corrected chi connectivity index (χ2v) is 8.83. The molecule has 0 N–H and O–H groups in total. The molecule has 0 aliphatic rings. The topological polar surface area (TPSA) is 0 Å². The fraction of sp³-hybridized carbons (Fsp3) is 0.538. The van der Waals surface area contributed by atoms with Gasteiger partial charge in [-0.3, -0.25) is 4.70 Å². The normalized spacial score (nSPS) is 10.9. The lowest BCUT2D eigenvalue weighted by Crippen LogP contribution is -2.05. The maximum absolute atomic E-state index is 2.36. The van der Waals surface area contributed by atoms with Gasteiger partial charge >= 0.3 is 0 Å². The Labute approximate surface area is 93.8 Å². The van der Waals surface area contributed by atoms with Crippen molar-refractivity contribution in [2.45, 2.75) is 26.9 Å². The Balaban J connectivity index is 0.00000196. The Morgan fingerprint density at radius 3 is 1.73 bits per heavy atom. The SMILES string of the molecule is CC[P+](CC)(CC)Cc1ccccc1.F. The maximum atomic E-state index is 2.36. The van der Waals surface area contributed by atoms with Crippen LogP contribution < -0.4 is 0 Å². The zero-order valence-corrected chi connectivity index (χ0v) is 11.0. The largest absolute Gasteiger partial charge is 0.269 e. The maximum Gasteiger partial charge on any atom is 0.0842 e. The van der Waals surface area contributed by atoms with Crippen LogP contribution in [0.5, 0.6) is 0 Å². The van der Waals surface area contributed by atoms with Crippen LogP contribution in [0, 0.1) is 0 Å². The molecule has 0 aliphatic heterocycles. The molecule has 0 aliphatic carbocycles. The van der Waals surface area contributed by atoms with E-state index >= 15 is 0 Å². The van der Waals surface area contributed by atoms with Crippen LogP contribution in [-0.2, 0) is 6.16 Å². The van der Waals surface area contributed by atoms with Crippen molar-refractivity contribution in [1.29, 1.82) is 0 Å². The van der Waals surface area contributed by atoms with Crippen LogP contribution in [0.15, 0.2) is 30.3 Å². The van der Waals surface area contributed by atoms with E-state index in [0.717, 1.165) is 0 Å². The van der Waals surface area contributed by atoms with Gasteiger partial charge in [0.1, 0.15) is 0 Å². The lowest BCUT2D eigenvalue weighted by Gasteiger charge is -2.23. The number of halogens is 1. The molecule has 0 atom stereocenters. The first-order valence-electron chi connectivity index (χ1n) is 5.65. The molecule has 86 valence electrons. The van der Waals surface area contributed by atoms with E-state index in [1.165, 1.54) is 30.2 Å². The zero-order chi connectivity index (χ0) is 10.4. The Morgan fingerprint density at radius 2 is 1.33 bits per heavy atom. The van der Waals surface area contributed by atoms with Crippen LogP contribution in [0.3, 0.4) is 0 Å². The highest BCUT2D eigenvalue weighted by atomic mass is 31.2. The van der Waals surface area contributed by atoms with E-state index in [4.69, 9.17) is 0 Å². The molecular weight excluding hydrogens is 206 g/mol. The van der Waals surface area contributed by atoms with Crippen molar-refractivity contribution in [3.63, 3.8) is 0 Å². The molecule has 0 saturated heterocycles. The molecule has 15 heavy (non-hydrogen) atoms. The molecule has 0 saturated carbocycles. The molecule has 1 rings (SSSR count). The van der Waals surface area contributed by atoms with Crippen LogP contribution in [0.1, 0.15) is 26.3 Å². The summed E-state index contributed by atoms with van der Waals surface area (Å²) >= 11 is 0. The summed E-state index contributed by atoms with van der Waals surface area (Å²) in [5.41, 5.74) is 1.53. The number of hydrogen-bond acceptors (Lipinski definition) is 0. The third-order valence-electron chi connectivity index (χ3n) is 3.37. The molecule has 0 heterocycles. The quantitative estimate of drug-likeness (QED) is 0.656. The van der Waals surface area contributed by atoms with Crippen LogP contribution in [-0.4, -0.2) is 18.5 Å². The van der Waals surface area contributed by atoms with E-state index < -0.39 is 7.26 Å². The Hall–Kier alpha value is -0.420. The minimum Gasteiger partial charge on any atom is -0.269 e. The van der Waals surface area contributed by atoms with Crippen molar-refractivity contribution in [3.8, 4) is 0 Å². The molecule has 0 nitrogen and oxygen atoms in total. The highest BCUT2D eigenvalue weighted by Crippen LogP contribution is 2.60. The highest BCUT2D eigenvalue weighted by molar-refractivity contribution is 7.75. The number of hydrogen-bond donors (Lipinski definition) is 0. The molecule has 0 amide bonds. The summed E-state index contributed by atoms with van der Waals surface area (Å²) in [6.45, 7) is 7.09. The van der Waals surface area contributed by atoms with Gasteiger partial charge in [-0.15, -0.1) is 0 Å². The first kappa shape index (κ1) is 14.6.